The number of H-pyrrole nitrogens is 1. The third-order valence-electron chi connectivity index (χ3n) is 1.54. The smallest absolute Gasteiger partial charge is 0.113 e. The summed E-state index contributed by atoms with van der Waals surface area (Å²) >= 11 is 0. The summed E-state index contributed by atoms with van der Waals surface area (Å²) in [5, 5.41) is 7.74. The van der Waals surface area contributed by atoms with Gasteiger partial charge in [-0.05, 0) is 18.6 Å². The van der Waals surface area contributed by atoms with Crippen molar-refractivity contribution in [2.75, 3.05) is 0 Å². The quantitative estimate of drug-likeness (QED) is 0.647. The zero-order chi connectivity index (χ0) is 8.97. The van der Waals surface area contributed by atoms with E-state index in [1.165, 1.54) is 0 Å². The average molecular weight is 163 g/mol. The second-order valence-corrected chi connectivity index (χ2v) is 2.27. The Kier molecular flexibility index (Phi) is 2.80. The van der Waals surface area contributed by atoms with Crippen molar-refractivity contribution in [3.63, 3.8) is 0 Å². The van der Waals surface area contributed by atoms with Crippen LogP contribution >= 0.6 is 0 Å². The van der Waals surface area contributed by atoms with E-state index in [0.29, 0.717) is 0 Å². The van der Waals surface area contributed by atoms with Gasteiger partial charge in [0.25, 0.3) is 0 Å². The van der Waals surface area contributed by atoms with E-state index in [0.717, 1.165) is 16.6 Å². The molecule has 2 aromatic rings. The van der Waals surface area contributed by atoms with Gasteiger partial charge < -0.3 is 4.98 Å². The largest absolute Gasteiger partial charge is 0.359 e. The SMILES string of the molecule is CC.Cc1c[nH]c2ccnnc12. The van der Waals surface area contributed by atoms with Gasteiger partial charge in [0.05, 0.1) is 11.7 Å². The third kappa shape index (κ3) is 1.44. The van der Waals surface area contributed by atoms with E-state index in [4.69, 9.17) is 0 Å². The van der Waals surface area contributed by atoms with E-state index in [-0.39, 0.29) is 0 Å². The van der Waals surface area contributed by atoms with Gasteiger partial charge in [0.2, 0.25) is 0 Å². The topological polar surface area (TPSA) is 41.6 Å². The Labute approximate surface area is 71.8 Å². The predicted molar refractivity (Wildman–Crippen MR) is 50.0 cm³/mol. The van der Waals surface area contributed by atoms with Crippen LogP contribution in [0, 0.1) is 6.92 Å². The summed E-state index contributed by atoms with van der Waals surface area (Å²) in [6.07, 6.45) is 3.61. The van der Waals surface area contributed by atoms with Crippen molar-refractivity contribution in [2.24, 2.45) is 0 Å². The molecule has 2 rings (SSSR count). The summed E-state index contributed by atoms with van der Waals surface area (Å²) in [7, 11) is 0. The number of rotatable bonds is 0. The van der Waals surface area contributed by atoms with E-state index in [2.05, 4.69) is 15.2 Å². The van der Waals surface area contributed by atoms with Crippen molar-refractivity contribution in [3.8, 4) is 0 Å². The Hall–Kier alpha value is -1.38. The molecule has 0 spiro atoms. The molecule has 0 unspecified atom stereocenters. The summed E-state index contributed by atoms with van der Waals surface area (Å²) in [5.41, 5.74) is 3.15. The lowest BCUT2D eigenvalue weighted by molar-refractivity contribution is 1.07. The maximum absolute atomic E-state index is 3.96. The summed E-state index contributed by atoms with van der Waals surface area (Å²) in [4.78, 5) is 3.09. The molecule has 0 saturated carbocycles. The zero-order valence-electron chi connectivity index (χ0n) is 7.63. The number of aromatic amines is 1. The fraction of sp³-hybridized carbons (Fsp3) is 0.333. The molecule has 0 saturated heterocycles. The van der Waals surface area contributed by atoms with Crippen LogP contribution in [0.4, 0.5) is 0 Å². The number of nitrogens with zero attached hydrogens (tertiary/aromatic N) is 2. The molecule has 0 fully saturated rings. The highest BCUT2D eigenvalue weighted by Gasteiger charge is 1.97. The van der Waals surface area contributed by atoms with E-state index >= 15 is 0 Å². The predicted octanol–water partition coefficient (Wildman–Crippen LogP) is 2.29. The van der Waals surface area contributed by atoms with Gasteiger partial charge in [-0.15, -0.1) is 5.10 Å². The van der Waals surface area contributed by atoms with Gasteiger partial charge >= 0.3 is 0 Å². The maximum Gasteiger partial charge on any atom is 0.113 e. The monoisotopic (exact) mass is 163 g/mol. The minimum atomic E-state index is 0.961. The molecule has 12 heavy (non-hydrogen) atoms. The first-order valence-corrected chi connectivity index (χ1v) is 4.13. The zero-order valence-corrected chi connectivity index (χ0v) is 7.63. The van der Waals surface area contributed by atoms with Gasteiger partial charge in [0.1, 0.15) is 5.52 Å². The molecule has 64 valence electrons. The Balaban J connectivity index is 0.000000336. The highest BCUT2D eigenvalue weighted by Crippen LogP contribution is 2.11. The van der Waals surface area contributed by atoms with Crippen molar-refractivity contribution < 1.29 is 0 Å². The molecule has 0 amide bonds. The van der Waals surface area contributed by atoms with Crippen molar-refractivity contribution in [3.05, 3.63) is 24.0 Å². The molecule has 0 aliphatic rings. The third-order valence-corrected chi connectivity index (χ3v) is 1.54. The van der Waals surface area contributed by atoms with Crippen LogP contribution in [0.5, 0.6) is 0 Å². The highest BCUT2D eigenvalue weighted by atomic mass is 15.1. The summed E-state index contributed by atoms with van der Waals surface area (Å²) in [6.45, 7) is 6.01. The highest BCUT2D eigenvalue weighted by molar-refractivity contribution is 5.77. The van der Waals surface area contributed by atoms with Crippen LogP contribution in [0.1, 0.15) is 19.4 Å². The van der Waals surface area contributed by atoms with Gasteiger partial charge in [0.15, 0.2) is 0 Å². The molecule has 3 nitrogen and oxygen atoms in total. The lowest BCUT2D eigenvalue weighted by Crippen LogP contribution is -1.79. The van der Waals surface area contributed by atoms with Gasteiger partial charge in [-0.2, -0.15) is 5.10 Å². The molecule has 0 aromatic carbocycles. The first kappa shape index (κ1) is 8.71. The second-order valence-electron chi connectivity index (χ2n) is 2.27. The van der Waals surface area contributed by atoms with Crippen molar-refractivity contribution in [1.29, 1.82) is 0 Å². The number of aryl methyl sites for hydroxylation is 1. The number of hydrogen-bond donors (Lipinski definition) is 1. The summed E-state index contributed by atoms with van der Waals surface area (Å²) in [5.74, 6) is 0. The van der Waals surface area contributed by atoms with Gasteiger partial charge in [-0.3, -0.25) is 0 Å². The van der Waals surface area contributed by atoms with E-state index in [1.807, 2.05) is 33.0 Å². The van der Waals surface area contributed by atoms with E-state index < -0.39 is 0 Å². The second kappa shape index (κ2) is 3.85. The fourth-order valence-electron chi connectivity index (χ4n) is 0.994. The van der Waals surface area contributed by atoms with E-state index in [9.17, 15) is 0 Å². The van der Waals surface area contributed by atoms with Crippen molar-refractivity contribution in [1.82, 2.24) is 15.2 Å². The molecule has 0 bridgehead atoms. The number of nitrogens with one attached hydrogen (secondary N) is 1. The Morgan fingerprint density at radius 2 is 2.08 bits per heavy atom. The Morgan fingerprint density at radius 1 is 1.33 bits per heavy atom. The van der Waals surface area contributed by atoms with Crippen LogP contribution in [0.3, 0.4) is 0 Å². The van der Waals surface area contributed by atoms with Gasteiger partial charge in [0, 0.05) is 6.20 Å². The maximum atomic E-state index is 3.96. The van der Waals surface area contributed by atoms with Crippen molar-refractivity contribution in [2.45, 2.75) is 20.8 Å². The molecular formula is C9H13N3. The summed E-state index contributed by atoms with van der Waals surface area (Å²) in [6, 6.07) is 1.91. The van der Waals surface area contributed by atoms with Crippen LogP contribution in [-0.4, -0.2) is 15.2 Å². The Morgan fingerprint density at radius 3 is 2.75 bits per heavy atom. The van der Waals surface area contributed by atoms with Crippen LogP contribution in [0.15, 0.2) is 18.5 Å². The fourth-order valence-corrected chi connectivity index (χ4v) is 0.994. The van der Waals surface area contributed by atoms with Gasteiger partial charge in [-0.25, -0.2) is 0 Å². The van der Waals surface area contributed by atoms with Crippen molar-refractivity contribution >= 4 is 11.0 Å². The average Bonchev–Trinajstić information content (AvgIpc) is 2.53. The normalized spacial score (nSPS) is 9.25. The minimum absolute atomic E-state index is 0.961. The van der Waals surface area contributed by atoms with Crippen LogP contribution in [0.2, 0.25) is 0 Å². The molecule has 1 N–H and O–H groups in total. The molecule has 0 radical (unpaired) electrons. The van der Waals surface area contributed by atoms with Crippen LogP contribution in [0.25, 0.3) is 11.0 Å². The minimum Gasteiger partial charge on any atom is -0.359 e. The van der Waals surface area contributed by atoms with Gasteiger partial charge in [-0.1, -0.05) is 13.8 Å². The molecule has 3 heteroatoms. The lowest BCUT2D eigenvalue weighted by Gasteiger charge is -1.84. The first-order chi connectivity index (χ1) is 5.88. The standard InChI is InChI=1S/C7H7N3.C2H6/c1-5-4-8-6-2-3-9-10-7(5)6;1-2/h2-4,8H,1H3;1-2H3. The lowest BCUT2D eigenvalue weighted by atomic mass is 10.3. The van der Waals surface area contributed by atoms with Crippen LogP contribution < -0.4 is 0 Å². The molecule has 0 aliphatic carbocycles. The molecule has 2 aromatic heterocycles. The molecule has 2 heterocycles. The van der Waals surface area contributed by atoms with E-state index in [1.54, 1.807) is 6.20 Å². The Bertz CT molecular complexity index is 351. The van der Waals surface area contributed by atoms with Crippen LogP contribution in [-0.2, 0) is 0 Å². The number of aromatic nitrogens is 3. The number of hydrogen-bond acceptors (Lipinski definition) is 2. The molecule has 0 atom stereocenters. The molecule has 0 aliphatic heterocycles. The number of fused-ring (bicyclic) bond motifs is 1. The summed E-state index contributed by atoms with van der Waals surface area (Å²) < 4.78 is 0. The first-order valence-electron chi connectivity index (χ1n) is 4.13. The molecular weight excluding hydrogens is 150 g/mol.